The molecular formula is C16H16N2OS2. The molecule has 1 aromatic rings. The zero-order chi connectivity index (χ0) is 14.8. The lowest BCUT2D eigenvalue weighted by Gasteiger charge is -2.01. The van der Waals surface area contributed by atoms with Gasteiger partial charge in [-0.25, -0.2) is 4.98 Å². The van der Waals surface area contributed by atoms with E-state index in [9.17, 15) is 4.79 Å². The van der Waals surface area contributed by atoms with Gasteiger partial charge in [-0.05, 0) is 28.5 Å². The van der Waals surface area contributed by atoms with Crippen molar-refractivity contribution < 1.29 is 4.79 Å². The molecule has 0 spiro atoms. The van der Waals surface area contributed by atoms with Crippen LogP contribution in [0, 0.1) is 0 Å². The van der Waals surface area contributed by atoms with Crippen LogP contribution in [0.3, 0.4) is 0 Å². The molecule has 0 unspecified atom stereocenters. The molecule has 1 N–H and O–H groups in total. The second-order valence-corrected chi connectivity index (χ2v) is 6.57. The Hall–Kier alpha value is -1.72. The van der Waals surface area contributed by atoms with Crippen LogP contribution in [0.2, 0.25) is 0 Å². The molecule has 1 aliphatic carbocycles. The van der Waals surface area contributed by atoms with E-state index >= 15 is 0 Å². The Balaban J connectivity index is 1.65. The summed E-state index contributed by atoms with van der Waals surface area (Å²) < 4.78 is 0. The molecule has 0 atom stereocenters. The van der Waals surface area contributed by atoms with E-state index in [1.165, 1.54) is 0 Å². The van der Waals surface area contributed by atoms with Gasteiger partial charge in [0.25, 0.3) is 0 Å². The van der Waals surface area contributed by atoms with Crippen LogP contribution in [0.5, 0.6) is 0 Å². The highest BCUT2D eigenvalue weighted by atomic mass is 33.1. The van der Waals surface area contributed by atoms with Gasteiger partial charge in [-0.15, -0.1) is 0 Å². The van der Waals surface area contributed by atoms with E-state index in [1.54, 1.807) is 34.0 Å². The molecule has 3 nitrogen and oxygen atoms in total. The lowest BCUT2D eigenvalue weighted by atomic mass is 10.2. The van der Waals surface area contributed by atoms with E-state index in [2.05, 4.69) is 10.3 Å². The van der Waals surface area contributed by atoms with Crippen LogP contribution in [0.1, 0.15) is 6.42 Å². The summed E-state index contributed by atoms with van der Waals surface area (Å²) in [6, 6.07) is 5.81. The minimum Gasteiger partial charge on any atom is -0.332 e. The molecule has 0 radical (unpaired) electrons. The van der Waals surface area contributed by atoms with Crippen molar-refractivity contribution in [2.75, 3.05) is 5.75 Å². The largest absolute Gasteiger partial charge is 0.332 e. The van der Waals surface area contributed by atoms with Crippen LogP contribution < -0.4 is 5.32 Å². The number of nitrogens with zero attached hydrogens (tertiary/aromatic N) is 1. The third-order valence-corrected chi connectivity index (χ3v) is 4.77. The van der Waals surface area contributed by atoms with E-state index in [-0.39, 0.29) is 5.91 Å². The fraction of sp³-hybridized carbons (Fsp3) is 0.125. The van der Waals surface area contributed by atoms with Crippen LogP contribution in [-0.4, -0.2) is 16.6 Å². The smallest absolute Gasteiger partial charge is 0.224 e. The highest BCUT2D eigenvalue weighted by Crippen LogP contribution is 2.29. The second kappa shape index (κ2) is 9.26. The molecule has 1 amide bonds. The van der Waals surface area contributed by atoms with Gasteiger partial charge in [0.05, 0.1) is 0 Å². The molecule has 5 heteroatoms. The van der Waals surface area contributed by atoms with Crippen LogP contribution in [0.25, 0.3) is 0 Å². The summed E-state index contributed by atoms with van der Waals surface area (Å²) in [4.78, 5) is 15.9. The molecule has 0 aromatic carbocycles. The number of hydrogen-bond acceptors (Lipinski definition) is 4. The maximum Gasteiger partial charge on any atom is 0.224 e. The minimum atomic E-state index is 0.0237. The zero-order valence-corrected chi connectivity index (χ0v) is 13.1. The SMILES string of the molecule is O=C(CCSSc1ccccn1)NC=C1C=CC=CC=C1. The van der Waals surface area contributed by atoms with Crippen molar-refractivity contribution in [2.45, 2.75) is 11.4 Å². The quantitative estimate of drug-likeness (QED) is 0.638. The van der Waals surface area contributed by atoms with Crippen molar-refractivity contribution in [2.24, 2.45) is 0 Å². The van der Waals surface area contributed by atoms with Crippen LogP contribution in [-0.2, 0) is 4.79 Å². The number of carbonyl (C=O) groups excluding carboxylic acids is 1. The summed E-state index contributed by atoms with van der Waals surface area (Å²) in [5, 5.41) is 3.77. The number of rotatable bonds is 6. The molecule has 21 heavy (non-hydrogen) atoms. The topological polar surface area (TPSA) is 42.0 Å². The fourth-order valence-electron chi connectivity index (χ4n) is 1.48. The first-order valence-corrected chi connectivity index (χ1v) is 8.88. The first kappa shape index (κ1) is 15.7. The Morgan fingerprint density at radius 1 is 1.19 bits per heavy atom. The van der Waals surface area contributed by atoms with Crippen molar-refractivity contribution in [3.05, 3.63) is 72.6 Å². The molecular weight excluding hydrogens is 300 g/mol. The summed E-state index contributed by atoms with van der Waals surface area (Å²) in [7, 11) is 3.22. The lowest BCUT2D eigenvalue weighted by molar-refractivity contribution is -0.119. The Morgan fingerprint density at radius 2 is 2.00 bits per heavy atom. The van der Waals surface area contributed by atoms with E-state index < -0.39 is 0 Å². The van der Waals surface area contributed by atoms with E-state index in [1.807, 2.05) is 54.7 Å². The second-order valence-electron chi connectivity index (χ2n) is 4.14. The number of carbonyl (C=O) groups is 1. The molecule has 0 saturated carbocycles. The first-order valence-electron chi connectivity index (χ1n) is 6.56. The van der Waals surface area contributed by atoms with Crippen molar-refractivity contribution >= 4 is 27.5 Å². The number of nitrogens with one attached hydrogen (secondary N) is 1. The molecule has 2 rings (SSSR count). The monoisotopic (exact) mass is 316 g/mol. The number of pyridine rings is 1. The zero-order valence-electron chi connectivity index (χ0n) is 11.4. The molecule has 1 aromatic heterocycles. The van der Waals surface area contributed by atoms with Gasteiger partial charge in [0.2, 0.25) is 5.91 Å². The van der Waals surface area contributed by atoms with Gasteiger partial charge in [0, 0.05) is 24.6 Å². The van der Waals surface area contributed by atoms with E-state index in [4.69, 9.17) is 0 Å². The van der Waals surface area contributed by atoms with Gasteiger partial charge in [-0.2, -0.15) is 0 Å². The summed E-state index contributed by atoms with van der Waals surface area (Å²) in [5.74, 6) is 0.777. The molecule has 0 fully saturated rings. The first-order chi connectivity index (χ1) is 10.3. The van der Waals surface area contributed by atoms with Crippen LogP contribution >= 0.6 is 21.6 Å². The minimum absolute atomic E-state index is 0.0237. The summed E-state index contributed by atoms with van der Waals surface area (Å²) in [6.45, 7) is 0. The normalized spacial score (nSPS) is 13.0. The van der Waals surface area contributed by atoms with Gasteiger partial charge < -0.3 is 5.32 Å². The van der Waals surface area contributed by atoms with Crippen molar-refractivity contribution in [3.8, 4) is 0 Å². The van der Waals surface area contributed by atoms with Gasteiger partial charge in [-0.3, -0.25) is 4.79 Å². The fourth-order valence-corrected chi connectivity index (χ4v) is 3.35. The van der Waals surface area contributed by atoms with E-state index in [0.29, 0.717) is 6.42 Å². The van der Waals surface area contributed by atoms with Gasteiger partial charge in [0.15, 0.2) is 0 Å². The van der Waals surface area contributed by atoms with Gasteiger partial charge >= 0.3 is 0 Å². The number of hydrogen-bond donors (Lipinski definition) is 1. The Kier molecular flexibility index (Phi) is 6.91. The highest BCUT2D eigenvalue weighted by Gasteiger charge is 2.01. The van der Waals surface area contributed by atoms with E-state index in [0.717, 1.165) is 16.4 Å². The summed E-state index contributed by atoms with van der Waals surface area (Å²) in [5.41, 5.74) is 0.976. The van der Waals surface area contributed by atoms with Crippen molar-refractivity contribution in [1.29, 1.82) is 0 Å². The maximum atomic E-state index is 11.7. The Bertz CT molecular complexity index is 559. The van der Waals surface area contributed by atoms with Gasteiger partial charge in [0.1, 0.15) is 5.03 Å². The average Bonchev–Trinajstić information content (AvgIpc) is 2.79. The predicted octanol–water partition coefficient (Wildman–Crippen LogP) is 3.89. The molecule has 0 saturated heterocycles. The molecule has 0 bridgehead atoms. The number of allylic oxidation sites excluding steroid dienone is 7. The Morgan fingerprint density at radius 3 is 2.71 bits per heavy atom. The molecule has 0 aliphatic heterocycles. The lowest BCUT2D eigenvalue weighted by Crippen LogP contribution is -2.17. The molecule has 1 heterocycles. The maximum absolute atomic E-state index is 11.7. The van der Waals surface area contributed by atoms with Crippen molar-refractivity contribution in [3.63, 3.8) is 0 Å². The summed E-state index contributed by atoms with van der Waals surface area (Å²) >= 11 is 0. The summed E-state index contributed by atoms with van der Waals surface area (Å²) in [6.07, 6.45) is 15.7. The third kappa shape index (κ3) is 6.51. The average molecular weight is 316 g/mol. The molecule has 1 aliphatic rings. The van der Waals surface area contributed by atoms with Crippen LogP contribution in [0.15, 0.2) is 77.7 Å². The molecule has 108 valence electrons. The van der Waals surface area contributed by atoms with Crippen LogP contribution in [0.4, 0.5) is 0 Å². The third-order valence-electron chi connectivity index (χ3n) is 2.51. The van der Waals surface area contributed by atoms with Crippen molar-refractivity contribution in [1.82, 2.24) is 10.3 Å². The number of aromatic nitrogens is 1. The Labute approximate surface area is 132 Å². The standard InChI is InChI=1S/C16H16N2OS2/c19-15(18-13-14-7-3-1-2-4-8-14)10-12-20-21-16-9-5-6-11-17-16/h1-9,11,13H,10,12H2,(H,18,19). The number of amides is 1. The highest BCUT2D eigenvalue weighted by molar-refractivity contribution is 8.76. The predicted molar refractivity (Wildman–Crippen MR) is 90.8 cm³/mol. The van der Waals surface area contributed by atoms with Gasteiger partial charge in [-0.1, -0.05) is 53.3 Å².